The van der Waals surface area contributed by atoms with Gasteiger partial charge in [-0.1, -0.05) is 60.7 Å². The van der Waals surface area contributed by atoms with Crippen molar-refractivity contribution in [1.29, 1.82) is 0 Å². The van der Waals surface area contributed by atoms with Gasteiger partial charge >= 0.3 is 6.09 Å². The smallest absolute Gasteiger partial charge is 0.417 e. The molecular weight excluding hydrogens is 380 g/mol. The molecule has 0 spiro atoms. The number of benzene rings is 3. The molecule has 1 fully saturated rings. The SMILES string of the molecule is COc1ccc(C[C@H](N)C(=O)N2C(=O)OC[C@@H]2Cc2ccccc2)c2ccccc12. The Morgan fingerprint density at radius 2 is 1.80 bits per heavy atom. The Bertz CT molecular complexity index is 1070. The lowest BCUT2D eigenvalue weighted by molar-refractivity contribution is -0.130. The summed E-state index contributed by atoms with van der Waals surface area (Å²) >= 11 is 0. The zero-order valence-electron chi connectivity index (χ0n) is 16.8. The van der Waals surface area contributed by atoms with Crippen LogP contribution in [0.2, 0.25) is 0 Å². The molecule has 0 unspecified atom stereocenters. The van der Waals surface area contributed by atoms with Crippen molar-refractivity contribution in [2.75, 3.05) is 13.7 Å². The monoisotopic (exact) mass is 404 g/mol. The van der Waals surface area contributed by atoms with Crippen LogP contribution >= 0.6 is 0 Å². The Balaban J connectivity index is 1.54. The average Bonchev–Trinajstić information content (AvgIpc) is 3.14. The Labute approximate surface area is 175 Å². The van der Waals surface area contributed by atoms with E-state index in [0.29, 0.717) is 12.8 Å². The van der Waals surface area contributed by atoms with Crippen molar-refractivity contribution in [2.45, 2.75) is 24.9 Å². The molecule has 2 amide bonds. The maximum atomic E-state index is 13.1. The van der Waals surface area contributed by atoms with Crippen LogP contribution in [0, 0.1) is 0 Å². The standard InChI is InChI=1S/C24H24N2O4/c1-29-22-12-11-17(19-9-5-6-10-20(19)22)14-21(25)23(27)26-18(15-30-24(26)28)13-16-7-3-2-4-8-16/h2-12,18,21H,13-15,25H2,1H3/t18-,21-/m0/s1. The van der Waals surface area contributed by atoms with E-state index in [1.54, 1.807) is 7.11 Å². The molecule has 0 aliphatic carbocycles. The number of methoxy groups -OCH3 is 1. The van der Waals surface area contributed by atoms with Crippen LogP contribution in [0.25, 0.3) is 10.8 Å². The predicted octanol–water partition coefficient (Wildman–Crippen LogP) is 3.31. The zero-order chi connectivity index (χ0) is 21.1. The largest absolute Gasteiger partial charge is 0.496 e. The molecule has 1 saturated heterocycles. The van der Waals surface area contributed by atoms with Crippen molar-refractivity contribution < 1.29 is 19.1 Å². The normalized spacial score (nSPS) is 17.1. The van der Waals surface area contributed by atoms with Crippen LogP contribution in [0.1, 0.15) is 11.1 Å². The third kappa shape index (κ3) is 3.86. The molecule has 0 saturated carbocycles. The van der Waals surface area contributed by atoms with Crippen LogP contribution < -0.4 is 10.5 Å². The Morgan fingerprint density at radius 1 is 1.10 bits per heavy atom. The molecule has 0 bridgehead atoms. The highest BCUT2D eigenvalue weighted by atomic mass is 16.6. The summed E-state index contributed by atoms with van der Waals surface area (Å²) < 4.78 is 10.6. The second kappa shape index (κ2) is 8.55. The molecule has 3 aromatic rings. The van der Waals surface area contributed by atoms with Crippen LogP contribution in [-0.4, -0.2) is 42.7 Å². The summed E-state index contributed by atoms with van der Waals surface area (Å²) in [5.74, 6) is 0.346. The summed E-state index contributed by atoms with van der Waals surface area (Å²) in [7, 11) is 1.63. The van der Waals surface area contributed by atoms with E-state index in [1.807, 2.05) is 66.7 Å². The molecule has 0 radical (unpaired) electrons. The van der Waals surface area contributed by atoms with E-state index >= 15 is 0 Å². The van der Waals surface area contributed by atoms with Gasteiger partial charge < -0.3 is 15.2 Å². The fourth-order valence-electron chi connectivity index (χ4n) is 3.96. The second-order valence-electron chi connectivity index (χ2n) is 7.41. The summed E-state index contributed by atoms with van der Waals surface area (Å²) in [4.78, 5) is 26.6. The minimum Gasteiger partial charge on any atom is -0.496 e. The zero-order valence-corrected chi connectivity index (χ0v) is 16.8. The number of imide groups is 1. The molecular formula is C24H24N2O4. The quantitative estimate of drug-likeness (QED) is 0.682. The lowest BCUT2D eigenvalue weighted by atomic mass is 9.97. The number of amides is 2. The molecule has 2 atom stereocenters. The summed E-state index contributed by atoms with van der Waals surface area (Å²) in [6.45, 7) is 0.178. The summed E-state index contributed by atoms with van der Waals surface area (Å²) in [6, 6.07) is 20.1. The van der Waals surface area contributed by atoms with E-state index in [9.17, 15) is 9.59 Å². The van der Waals surface area contributed by atoms with Crippen molar-refractivity contribution in [1.82, 2.24) is 4.90 Å². The highest BCUT2D eigenvalue weighted by Crippen LogP contribution is 2.29. The van der Waals surface area contributed by atoms with Crippen molar-refractivity contribution in [3.8, 4) is 5.75 Å². The van der Waals surface area contributed by atoms with Crippen LogP contribution in [0.5, 0.6) is 5.75 Å². The number of ether oxygens (including phenoxy) is 2. The Morgan fingerprint density at radius 3 is 2.53 bits per heavy atom. The van der Waals surface area contributed by atoms with E-state index in [-0.39, 0.29) is 12.6 Å². The number of cyclic esters (lactones) is 1. The molecule has 2 N–H and O–H groups in total. The number of hydrogen-bond acceptors (Lipinski definition) is 5. The second-order valence-corrected chi connectivity index (χ2v) is 7.41. The third-order valence-electron chi connectivity index (χ3n) is 5.46. The number of rotatable bonds is 6. The molecule has 0 aromatic heterocycles. The summed E-state index contributed by atoms with van der Waals surface area (Å²) in [5, 5.41) is 1.93. The van der Waals surface area contributed by atoms with Gasteiger partial charge in [0, 0.05) is 5.39 Å². The van der Waals surface area contributed by atoms with Gasteiger partial charge in [-0.15, -0.1) is 0 Å². The van der Waals surface area contributed by atoms with Crippen molar-refractivity contribution in [3.05, 3.63) is 77.9 Å². The highest BCUT2D eigenvalue weighted by Gasteiger charge is 2.40. The fourth-order valence-corrected chi connectivity index (χ4v) is 3.96. The maximum absolute atomic E-state index is 13.1. The van der Waals surface area contributed by atoms with Gasteiger partial charge in [-0.05, 0) is 35.4 Å². The first kappa shape index (κ1) is 19.9. The molecule has 3 aromatic carbocycles. The molecule has 6 heteroatoms. The number of carbonyl (C=O) groups excluding carboxylic acids is 2. The van der Waals surface area contributed by atoms with Gasteiger partial charge in [0.2, 0.25) is 5.91 Å². The third-order valence-corrected chi connectivity index (χ3v) is 5.46. The van der Waals surface area contributed by atoms with Crippen molar-refractivity contribution in [2.24, 2.45) is 5.73 Å². The molecule has 154 valence electrons. The van der Waals surface area contributed by atoms with E-state index < -0.39 is 18.0 Å². The fraction of sp³-hybridized carbons (Fsp3) is 0.250. The summed E-state index contributed by atoms with van der Waals surface area (Å²) in [6.07, 6.45) is 0.220. The molecule has 4 rings (SSSR count). The summed E-state index contributed by atoms with van der Waals surface area (Å²) in [5.41, 5.74) is 8.24. The van der Waals surface area contributed by atoms with E-state index in [1.165, 1.54) is 4.90 Å². The van der Waals surface area contributed by atoms with E-state index in [4.69, 9.17) is 15.2 Å². The molecule has 1 aliphatic rings. The predicted molar refractivity (Wildman–Crippen MR) is 114 cm³/mol. The van der Waals surface area contributed by atoms with Gasteiger partial charge in [-0.25, -0.2) is 9.69 Å². The Kier molecular flexibility index (Phi) is 5.68. The first-order chi connectivity index (χ1) is 14.6. The lowest BCUT2D eigenvalue weighted by Gasteiger charge is -2.23. The van der Waals surface area contributed by atoms with Gasteiger partial charge in [-0.2, -0.15) is 0 Å². The number of nitrogens with zero attached hydrogens (tertiary/aromatic N) is 1. The van der Waals surface area contributed by atoms with Gasteiger partial charge in [0.15, 0.2) is 0 Å². The number of hydrogen-bond donors (Lipinski definition) is 1. The van der Waals surface area contributed by atoms with Crippen LogP contribution in [0.15, 0.2) is 66.7 Å². The topological polar surface area (TPSA) is 81.9 Å². The highest BCUT2D eigenvalue weighted by molar-refractivity contribution is 5.97. The molecule has 1 heterocycles. The van der Waals surface area contributed by atoms with Crippen molar-refractivity contribution >= 4 is 22.8 Å². The first-order valence-electron chi connectivity index (χ1n) is 9.92. The minimum atomic E-state index is -0.856. The average molecular weight is 404 g/mol. The first-order valence-corrected chi connectivity index (χ1v) is 9.92. The number of fused-ring (bicyclic) bond motifs is 1. The van der Waals surface area contributed by atoms with E-state index in [0.717, 1.165) is 27.6 Å². The molecule has 1 aliphatic heterocycles. The van der Waals surface area contributed by atoms with Crippen molar-refractivity contribution in [3.63, 3.8) is 0 Å². The van der Waals surface area contributed by atoms with Gasteiger partial charge in [-0.3, -0.25) is 4.79 Å². The number of carbonyl (C=O) groups is 2. The van der Waals surface area contributed by atoms with Crippen LogP contribution in [-0.2, 0) is 22.4 Å². The minimum absolute atomic E-state index is 0.178. The van der Waals surface area contributed by atoms with Crippen LogP contribution in [0.4, 0.5) is 4.79 Å². The molecule has 30 heavy (non-hydrogen) atoms. The van der Waals surface area contributed by atoms with Gasteiger partial charge in [0.1, 0.15) is 12.4 Å². The number of nitrogens with two attached hydrogens (primary N) is 1. The lowest BCUT2D eigenvalue weighted by Crippen LogP contribution is -2.49. The van der Waals surface area contributed by atoms with Gasteiger partial charge in [0.05, 0.1) is 19.2 Å². The van der Waals surface area contributed by atoms with Gasteiger partial charge in [0.25, 0.3) is 0 Å². The molecule has 6 nitrogen and oxygen atoms in total. The maximum Gasteiger partial charge on any atom is 0.417 e. The Hall–Kier alpha value is -3.38. The van der Waals surface area contributed by atoms with E-state index in [2.05, 4.69) is 0 Å². The van der Waals surface area contributed by atoms with Crippen LogP contribution in [0.3, 0.4) is 0 Å².